The summed E-state index contributed by atoms with van der Waals surface area (Å²) in [7, 11) is 0. The molecule has 2 nitrogen and oxygen atoms in total. The third-order valence-corrected chi connectivity index (χ3v) is 1.10. The van der Waals surface area contributed by atoms with E-state index >= 15 is 0 Å². The molecular formula is C6H11ClO2. The normalized spacial score (nSPS) is 13.9. The van der Waals surface area contributed by atoms with Crippen molar-refractivity contribution in [3.63, 3.8) is 0 Å². The Balaban J connectivity index is 3.50. The molecule has 0 heterocycles. The van der Waals surface area contributed by atoms with Crippen LogP contribution in [0, 0.1) is 0 Å². The van der Waals surface area contributed by atoms with Gasteiger partial charge in [0.15, 0.2) is 0 Å². The highest BCUT2D eigenvalue weighted by molar-refractivity contribution is 6.64. The summed E-state index contributed by atoms with van der Waals surface area (Å²) >= 11 is 5.11. The number of halogens is 1. The Hall–Kier alpha value is -0.0800. The van der Waals surface area contributed by atoms with Gasteiger partial charge in [-0.05, 0) is 32.4 Å². The van der Waals surface area contributed by atoms with E-state index < -0.39 is 11.3 Å². The first-order valence-corrected chi connectivity index (χ1v) is 3.26. The summed E-state index contributed by atoms with van der Waals surface area (Å²) in [5.74, 6) is 0. The number of rotatable bonds is 3. The summed E-state index contributed by atoms with van der Waals surface area (Å²) in [4.78, 5) is 10.3. The van der Waals surface area contributed by atoms with E-state index in [0.717, 1.165) is 0 Å². The van der Waals surface area contributed by atoms with E-state index in [1.807, 2.05) is 13.8 Å². The van der Waals surface area contributed by atoms with Crippen LogP contribution in [0.2, 0.25) is 0 Å². The fraction of sp³-hybridized carbons (Fsp3) is 0.833. The quantitative estimate of drug-likeness (QED) is 0.571. The summed E-state index contributed by atoms with van der Waals surface area (Å²) in [5, 5.41) is -0.441. The zero-order valence-corrected chi connectivity index (χ0v) is 6.61. The van der Waals surface area contributed by atoms with Gasteiger partial charge in [0.25, 0.3) is 0 Å². The van der Waals surface area contributed by atoms with E-state index in [1.54, 1.807) is 6.92 Å². The van der Waals surface area contributed by atoms with Crippen LogP contribution in [0.3, 0.4) is 0 Å². The maximum Gasteiger partial charge on any atom is 0.250 e. The fourth-order valence-corrected chi connectivity index (χ4v) is 0.513. The summed E-state index contributed by atoms with van der Waals surface area (Å²) in [6.07, 6.45) is -0.422. The Morgan fingerprint density at radius 2 is 1.89 bits per heavy atom. The average Bonchev–Trinajstić information content (AvgIpc) is 1.63. The van der Waals surface area contributed by atoms with Crippen molar-refractivity contribution < 1.29 is 9.53 Å². The van der Waals surface area contributed by atoms with Crippen molar-refractivity contribution >= 4 is 16.8 Å². The third-order valence-electron chi connectivity index (χ3n) is 0.796. The smallest absolute Gasteiger partial charge is 0.250 e. The minimum atomic E-state index is -0.480. The van der Waals surface area contributed by atoms with E-state index in [1.165, 1.54) is 0 Å². The second kappa shape index (κ2) is 3.85. The van der Waals surface area contributed by atoms with Crippen LogP contribution in [0.5, 0.6) is 0 Å². The lowest BCUT2D eigenvalue weighted by Gasteiger charge is -2.10. The van der Waals surface area contributed by atoms with Crippen LogP contribution >= 0.6 is 11.6 Å². The molecule has 0 fully saturated rings. The summed E-state index contributed by atoms with van der Waals surface area (Å²) in [6, 6.07) is 0. The molecule has 0 bridgehead atoms. The SMILES string of the molecule is CC(C)OC(C)C(=O)Cl. The van der Waals surface area contributed by atoms with Crippen LogP contribution in [0.25, 0.3) is 0 Å². The fourth-order valence-electron chi connectivity index (χ4n) is 0.462. The third kappa shape index (κ3) is 4.43. The van der Waals surface area contributed by atoms with Crippen molar-refractivity contribution in [2.24, 2.45) is 0 Å². The van der Waals surface area contributed by atoms with Crippen LogP contribution in [-0.4, -0.2) is 17.5 Å². The number of carbonyl (C=O) groups is 1. The zero-order chi connectivity index (χ0) is 7.44. The van der Waals surface area contributed by atoms with Crippen molar-refractivity contribution in [2.75, 3.05) is 0 Å². The second-order valence-electron chi connectivity index (χ2n) is 2.13. The predicted octanol–water partition coefficient (Wildman–Crippen LogP) is 1.57. The topological polar surface area (TPSA) is 26.3 Å². The largest absolute Gasteiger partial charge is 0.367 e. The first kappa shape index (κ1) is 8.92. The zero-order valence-electron chi connectivity index (χ0n) is 5.85. The average molecular weight is 151 g/mol. The van der Waals surface area contributed by atoms with Crippen LogP contribution in [0.15, 0.2) is 0 Å². The molecule has 9 heavy (non-hydrogen) atoms. The molecule has 0 aliphatic heterocycles. The molecule has 0 aromatic rings. The van der Waals surface area contributed by atoms with Gasteiger partial charge < -0.3 is 4.74 Å². The maximum atomic E-state index is 10.3. The molecule has 54 valence electrons. The molecule has 1 unspecified atom stereocenters. The molecule has 0 saturated carbocycles. The molecule has 3 heteroatoms. The number of carbonyl (C=O) groups excluding carboxylic acids is 1. The summed E-state index contributed by atoms with van der Waals surface area (Å²) in [6.45, 7) is 5.35. The molecule has 0 aliphatic carbocycles. The molecule has 0 aliphatic rings. The summed E-state index contributed by atoms with van der Waals surface area (Å²) in [5.41, 5.74) is 0. The minimum Gasteiger partial charge on any atom is -0.367 e. The van der Waals surface area contributed by atoms with Gasteiger partial charge in [0.05, 0.1) is 6.10 Å². The van der Waals surface area contributed by atoms with Gasteiger partial charge in [-0.25, -0.2) is 0 Å². The highest BCUT2D eigenvalue weighted by Crippen LogP contribution is 1.99. The minimum absolute atomic E-state index is 0.0581. The van der Waals surface area contributed by atoms with Gasteiger partial charge in [-0.3, -0.25) is 4.79 Å². The first-order chi connectivity index (χ1) is 4.04. The Kier molecular flexibility index (Phi) is 3.82. The van der Waals surface area contributed by atoms with Crippen LogP contribution < -0.4 is 0 Å². The molecular weight excluding hydrogens is 140 g/mol. The molecule has 0 aromatic heterocycles. The molecule has 0 saturated heterocycles. The highest BCUT2D eigenvalue weighted by Gasteiger charge is 2.10. The van der Waals surface area contributed by atoms with Crippen LogP contribution in [0.1, 0.15) is 20.8 Å². The number of hydrogen-bond donors (Lipinski definition) is 0. The van der Waals surface area contributed by atoms with Gasteiger partial charge in [0.1, 0.15) is 6.10 Å². The molecule has 1 atom stereocenters. The standard InChI is InChI=1S/C6H11ClO2/c1-4(2)9-5(3)6(7)8/h4-5H,1-3H3. The number of hydrogen-bond acceptors (Lipinski definition) is 2. The van der Waals surface area contributed by atoms with Crippen molar-refractivity contribution in [1.29, 1.82) is 0 Å². The maximum absolute atomic E-state index is 10.3. The van der Waals surface area contributed by atoms with Crippen LogP contribution in [0.4, 0.5) is 0 Å². The Bertz CT molecular complexity index is 101. The molecule has 0 aromatic carbocycles. The predicted molar refractivity (Wildman–Crippen MR) is 36.5 cm³/mol. The molecule has 0 rings (SSSR count). The van der Waals surface area contributed by atoms with Crippen LogP contribution in [-0.2, 0) is 9.53 Å². The van der Waals surface area contributed by atoms with Gasteiger partial charge in [-0.15, -0.1) is 0 Å². The van der Waals surface area contributed by atoms with E-state index in [2.05, 4.69) is 0 Å². The Morgan fingerprint density at radius 1 is 1.44 bits per heavy atom. The second-order valence-corrected chi connectivity index (χ2v) is 2.50. The Labute approximate surface area is 60.1 Å². The highest BCUT2D eigenvalue weighted by atomic mass is 35.5. The van der Waals surface area contributed by atoms with Gasteiger partial charge >= 0.3 is 0 Å². The van der Waals surface area contributed by atoms with Gasteiger partial charge in [0, 0.05) is 0 Å². The Morgan fingerprint density at radius 3 is 2.00 bits per heavy atom. The molecule has 0 spiro atoms. The van der Waals surface area contributed by atoms with E-state index in [0.29, 0.717) is 0 Å². The van der Waals surface area contributed by atoms with Gasteiger partial charge in [0.2, 0.25) is 5.24 Å². The monoisotopic (exact) mass is 150 g/mol. The first-order valence-electron chi connectivity index (χ1n) is 2.89. The van der Waals surface area contributed by atoms with Crippen molar-refractivity contribution in [3.8, 4) is 0 Å². The lowest BCUT2D eigenvalue weighted by Crippen LogP contribution is -2.19. The number of ether oxygens (including phenoxy) is 1. The molecule has 0 radical (unpaired) electrons. The summed E-state index contributed by atoms with van der Waals surface area (Å²) < 4.78 is 5.03. The molecule has 0 N–H and O–H groups in total. The van der Waals surface area contributed by atoms with Crippen molar-refractivity contribution in [1.82, 2.24) is 0 Å². The van der Waals surface area contributed by atoms with E-state index in [-0.39, 0.29) is 6.10 Å². The van der Waals surface area contributed by atoms with Crippen molar-refractivity contribution in [2.45, 2.75) is 33.0 Å². The van der Waals surface area contributed by atoms with E-state index in [9.17, 15) is 4.79 Å². The van der Waals surface area contributed by atoms with Gasteiger partial charge in [-0.1, -0.05) is 0 Å². The van der Waals surface area contributed by atoms with Crippen molar-refractivity contribution in [3.05, 3.63) is 0 Å². The van der Waals surface area contributed by atoms with E-state index in [4.69, 9.17) is 16.3 Å². The van der Waals surface area contributed by atoms with Gasteiger partial charge in [-0.2, -0.15) is 0 Å². The lowest BCUT2D eigenvalue weighted by molar-refractivity contribution is -0.123. The molecule has 0 amide bonds. The lowest BCUT2D eigenvalue weighted by atomic mass is 10.4.